The van der Waals surface area contributed by atoms with Crippen LogP contribution in [0.15, 0.2) is 30.3 Å². The summed E-state index contributed by atoms with van der Waals surface area (Å²) in [6.07, 6.45) is -1.33. The van der Waals surface area contributed by atoms with Crippen molar-refractivity contribution < 1.29 is 9.90 Å². The standard InChI is InChI=1S/C6H5Cl2N.CH3NO2/c7-9(8)6-4-2-1-3-5-6;2-1(3)4/h1-5H;2H2,(H,3,4). The van der Waals surface area contributed by atoms with Crippen LogP contribution in [0, 0.1) is 0 Å². The van der Waals surface area contributed by atoms with E-state index in [2.05, 4.69) is 5.73 Å². The average molecular weight is 223 g/mol. The van der Waals surface area contributed by atoms with E-state index < -0.39 is 6.09 Å². The lowest BCUT2D eigenvalue weighted by Gasteiger charge is -2.02. The monoisotopic (exact) mass is 222 g/mol. The third kappa shape index (κ3) is 7.24. The number of amides is 1. The molecule has 0 atom stereocenters. The number of nitrogens with zero attached hydrogens (tertiary/aromatic N) is 1. The first kappa shape index (κ1) is 11.9. The van der Waals surface area contributed by atoms with Crippen LogP contribution in [0.2, 0.25) is 0 Å². The van der Waals surface area contributed by atoms with Crippen LogP contribution in [-0.2, 0) is 0 Å². The predicted octanol–water partition coefficient (Wildman–Crippen LogP) is 2.42. The number of hydrogen-bond acceptors (Lipinski definition) is 2. The van der Waals surface area contributed by atoms with Gasteiger partial charge < -0.3 is 10.8 Å². The van der Waals surface area contributed by atoms with Gasteiger partial charge in [0.1, 0.15) is 0 Å². The summed E-state index contributed by atoms with van der Waals surface area (Å²) in [5.41, 5.74) is 4.81. The first-order valence-corrected chi connectivity index (χ1v) is 3.86. The van der Waals surface area contributed by atoms with Crippen molar-refractivity contribution in [2.45, 2.75) is 0 Å². The lowest BCUT2D eigenvalue weighted by atomic mass is 10.3. The average Bonchev–Trinajstić information content (AvgIpc) is 2.05. The Balaban J connectivity index is 0.000000310. The van der Waals surface area contributed by atoms with Gasteiger partial charge in [0.2, 0.25) is 0 Å². The minimum atomic E-state index is -1.33. The second kappa shape index (κ2) is 6.39. The lowest BCUT2D eigenvalue weighted by molar-refractivity contribution is 0.205. The molecule has 0 aliphatic carbocycles. The maximum atomic E-state index is 8.78. The molecule has 3 N–H and O–H groups in total. The second-order valence-corrected chi connectivity index (χ2v) is 2.76. The van der Waals surface area contributed by atoms with Gasteiger partial charge in [0.05, 0.1) is 5.69 Å². The second-order valence-electron chi connectivity index (χ2n) is 1.91. The van der Waals surface area contributed by atoms with Crippen molar-refractivity contribution in [2.75, 3.05) is 3.94 Å². The molecule has 0 aromatic heterocycles. The van der Waals surface area contributed by atoms with Crippen molar-refractivity contribution in [3.05, 3.63) is 30.3 Å². The Morgan fingerprint density at radius 2 is 1.69 bits per heavy atom. The zero-order valence-electron chi connectivity index (χ0n) is 6.52. The van der Waals surface area contributed by atoms with Crippen LogP contribution >= 0.6 is 23.6 Å². The number of carboxylic acid groups (broad SMARTS) is 1. The Labute approximate surface area is 85.7 Å². The van der Waals surface area contributed by atoms with Gasteiger partial charge in [0.15, 0.2) is 0 Å². The predicted molar refractivity (Wildman–Crippen MR) is 52.8 cm³/mol. The van der Waals surface area contributed by atoms with Crippen molar-refractivity contribution >= 4 is 35.3 Å². The van der Waals surface area contributed by atoms with E-state index in [4.69, 9.17) is 33.5 Å². The summed E-state index contributed by atoms with van der Waals surface area (Å²) in [5, 5.41) is 7.19. The molecule has 1 rings (SSSR count). The van der Waals surface area contributed by atoms with E-state index in [1.165, 1.54) is 0 Å². The van der Waals surface area contributed by atoms with Gasteiger partial charge in [-0.15, -0.1) is 0 Å². The maximum absolute atomic E-state index is 8.78. The molecule has 0 fully saturated rings. The first-order chi connectivity index (χ1) is 6.04. The van der Waals surface area contributed by atoms with Gasteiger partial charge in [-0.2, -0.15) is 3.94 Å². The van der Waals surface area contributed by atoms with E-state index in [0.29, 0.717) is 0 Å². The van der Waals surface area contributed by atoms with Gasteiger partial charge in [0, 0.05) is 23.6 Å². The minimum Gasteiger partial charge on any atom is -0.465 e. The number of para-hydroxylation sites is 1. The molecular formula is C7H8Cl2N2O2. The number of primary amides is 1. The summed E-state index contributed by atoms with van der Waals surface area (Å²) in [6.45, 7) is 0. The highest BCUT2D eigenvalue weighted by Crippen LogP contribution is 2.16. The number of carbonyl (C=O) groups is 1. The molecule has 13 heavy (non-hydrogen) atoms. The Hall–Kier alpha value is -1.13. The Kier molecular flexibility index (Phi) is 5.84. The molecule has 0 heterocycles. The zero-order valence-corrected chi connectivity index (χ0v) is 8.03. The molecule has 6 heteroatoms. The minimum absolute atomic E-state index is 0.779. The van der Waals surface area contributed by atoms with Gasteiger partial charge in [-0.25, -0.2) is 4.79 Å². The van der Waals surface area contributed by atoms with Crippen LogP contribution < -0.4 is 9.67 Å². The summed E-state index contributed by atoms with van der Waals surface area (Å²) in [6, 6.07) is 9.28. The Bertz CT molecular complexity index is 250. The highest BCUT2D eigenvalue weighted by Gasteiger charge is 1.93. The SMILES string of the molecule is ClN(Cl)c1ccccc1.NC(=O)O. The van der Waals surface area contributed by atoms with Crippen molar-refractivity contribution in [1.82, 2.24) is 0 Å². The quantitative estimate of drug-likeness (QED) is 0.718. The van der Waals surface area contributed by atoms with Gasteiger partial charge in [-0.1, -0.05) is 18.2 Å². The molecule has 0 aliphatic heterocycles. The summed E-state index contributed by atoms with van der Waals surface area (Å²) in [4.78, 5) is 8.78. The molecule has 0 unspecified atom stereocenters. The molecule has 0 spiro atoms. The number of hydrogen-bond donors (Lipinski definition) is 2. The first-order valence-electron chi connectivity index (χ1n) is 3.19. The molecule has 1 aromatic carbocycles. The van der Waals surface area contributed by atoms with Gasteiger partial charge >= 0.3 is 6.09 Å². The van der Waals surface area contributed by atoms with Crippen molar-refractivity contribution in [3.8, 4) is 0 Å². The van der Waals surface area contributed by atoms with E-state index in [-0.39, 0.29) is 0 Å². The van der Waals surface area contributed by atoms with Crippen LogP contribution in [0.4, 0.5) is 10.5 Å². The molecule has 0 aliphatic rings. The van der Waals surface area contributed by atoms with Crippen LogP contribution in [0.1, 0.15) is 0 Å². The Morgan fingerprint density at radius 1 is 1.31 bits per heavy atom. The van der Waals surface area contributed by atoms with Crippen LogP contribution in [0.25, 0.3) is 0 Å². The molecule has 1 amide bonds. The molecular weight excluding hydrogens is 215 g/mol. The summed E-state index contributed by atoms with van der Waals surface area (Å²) in [5.74, 6) is 0. The summed E-state index contributed by atoms with van der Waals surface area (Å²) >= 11 is 10.8. The fraction of sp³-hybridized carbons (Fsp3) is 0. The molecule has 72 valence electrons. The van der Waals surface area contributed by atoms with Crippen LogP contribution in [0.5, 0.6) is 0 Å². The normalized spacial score (nSPS) is 8.15. The lowest BCUT2D eigenvalue weighted by Crippen LogP contribution is -2.03. The third-order valence-electron chi connectivity index (χ3n) is 0.951. The fourth-order valence-electron chi connectivity index (χ4n) is 0.541. The van der Waals surface area contributed by atoms with Gasteiger partial charge in [-0.05, 0) is 12.1 Å². The van der Waals surface area contributed by atoms with Crippen LogP contribution in [0.3, 0.4) is 0 Å². The molecule has 0 saturated carbocycles. The molecule has 4 nitrogen and oxygen atoms in total. The number of nitrogens with two attached hydrogens (primary N) is 1. The highest BCUT2D eigenvalue weighted by atomic mass is 35.5. The number of anilines is 1. The molecule has 1 aromatic rings. The molecule has 0 bridgehead atoms. The van der Waals surface area contributed by atoms with E-state index in [0.717, 1.165) is 9.63 Å². The topological polar surface area (TPSA) is 66.6 Å². The van der Waals surface area contributed by atoms with Gasteiger partial charge in [-0.3, -0.25) is 0 Å². The number of halogens is 2. The Morgan fingerprint density at radius 3 is 1.92 bits per heavy atom. The fourth-order valence-corrected chi connectivity index (χ4v) is 0.766. The van der Waals surface area contributed by atoms with E-state index in [1.54, 1.807) is 0 Å². The van der Waals surface area contributed by atoms with E-state index >= 15 is 0 Å². The highest BCUT2D eigenvalue weighted by molar-refractivity contribution is 6.49. The van der Waals surface area contributed by atoms with Crippen molar-refractivity contribution in [3.63, 3.8) is 0 Å². The van der Waals surface area contributed by atoms with Crippen molar-refractivity contribution in [1.29, 1.82) is 0 Å². The molecule has 0 saturated heterocycles. The maximum Gasteiger partial charge on any atom is 0.402 e. The largest absolute Gasteiger partial charge is 0.465 e. The van der Waals surface area contributed by atoms with E-state index in [9.17, 15) is 0 Å². The molecule has 0 radical (unpaired) electrons. The van der Waals surface area contributed by atoms with E-state index in [1.807, 2.05) is 30.3 Å². The third-order valence-corrected chi connectivity index (χ3v) is 1.34. The number of rotatable bonds is 1. The smallest absolute Gasteiger partial charge is 0.402 e. The van der Waals surface area contributed by atoms with Crippen molar-refractivity contribution in [2.24, 2.45) is 5.73 Å². The number of benzene rings is 1. The van der Waals surface area contributed by atoms with Crippen LogP contribution in [-0.4, -0.2) is 11.2 Å². The summed E-state index contributed by atoms with van der Waals surface area (Å²) < 4.78 is 1.03. The zero-order chi connectivity index (χ0) is 10.3. The summed E-state index contributed by atoms with van der Waals surface area (Å²) in [7, 11) is 0. The van der Waals surface area contributed by atoms with Gasteiger partial charge in [0.25, 0.3) is 0 Å².